The van der Waals surface area contributed by atoms with Gasteiger partial charge in [-0.3, -0.25) is 10.2 Å². The van der Waals surface area contributed by atoms with Gasteiger partial charge in [-0.05, 0) is 30.3 Å². The monoisotopic (exact) mass is 372 g/mol. The molecule has 0 atom stereocenters. The summed E-state index contributed by atoms with van der Waals surface area (Å²) in [7, 11) is -4.24. The third-order valence-corrected chi connectivity index (χ3v) is 4.65. The fraction of sp³-hybridized carbons (Fsp3) is 0. The molecular formula is C17H13FN4O3S. The maximum atomic E-state index is 13.6. The van der Waals surface area contributed by atoms with E-state index < -0.39 is 26.6 Å². The molecule has 1 heterocycles. The summed E-state index contributed by atoms with van der Waals surface area (Å²) in [5.74, 6) is -1.20. The molecule has 0 fully saturated rings. The van der Waals surface area contributed by atoms with Crippen molar-refractivity contribution in [2.75, 3.05) is 0 Å². The summed E-state index contributed by atoms with van der Waals surface area (Å²) in [6.45, 7) is 0. The van der Waals surface area contributed by atoms with Crippen molar-refractivity contribution in [3.05, 3.63) is 78.4 Å². The van der Waals surface area contributed by atoms with Crippen molar-refractivity contribution in [1.82, 2.24) is 20.2 Å². The Bertz CT molecular complexity index is 1040. The molecule has 1 aromatic heterocycles. The van der Waals surface area contributed by atoms with E-state index in [0.717, 1.165) is 12.1 Å². The molecule has 0 saturated carbocycles. The van der Waals surface area contributed by atoms with E-state index in [4.69, 9.17) is 0 Å². The Morgan fingerprint density at radius 2 is 1.69 bits per heavy atom. The largest absolute Gasteiger partial charge is 0.273 e. The molecular weight excluding hydrogens is 359 g/mol. The van der Waals surface area contributed by atoms with Crippen LogP contribution in [0.1, 0.15) is 10.4 Å². The molecule has 0 unspecified atom stereocenters. The number of nitrogens with one attached hydrogen (secondary N) is 2. The van der Waals surface area contributed by atoms with Crippen LogP contribution in [0.3, 0.4) is 0 Å². The average Bonchev–Trinajstić information content (AvgIpc) is 2.67. The van der Waals surface area contributed by atoms with E-state index in [9.17, 15) is 17.6 Å². The zero-order chi connectivity index (χ0) is 18.6. The molecule has 0 spiro atoms. The number of carbonyl (C=O) groups is 1. The number of hydrazine groups is 1. The van der Waals surface area contributed by atoms with Crippen molar-refractivity contribution in [3.8, 4) is 11.4 Å². The van der Waals surface area contributed by atoms with Gasteiger partial charge in [-0.25, -0.2) is 22.8 Å². The Morgan fingerprint density at radius 3 is 2.42 bits per heavy atom. The lowest BCUT2D eigenvalue weighted by Gasteiger charge is -2.09. The van der Waals surface area contributed by atoms with Crippen molar-refractivity contribution in [2.24, 2.45) is 0 Å². The lowest BCUT2D eigenvalue weighted by atomic mass is 10.1. The molecule has 3 rings (SSSR count). The highest BCUT2D eigenvalue weighted by Crippen LogP contribution is 2.16. The van der Waals surface area contributed by atoms with Crippen LogP contribution in [-0.2, 0) is 10.0 Å². The molecule has 0 aliphatic rings. The summed E-state index contributed by atoms with van der Waals surface area (Å²) in [5.41, 5.74) is 2.84. The normalized spacial score (nSPS) is 11.1. The Labute approximate surface area is 149 Å². The first-order valence-corrected chi connectivity index (χ1v) is 8.90. The highest BCUT2D eigenvalue weighted by atomic mass is 32.2. The van der Waals surface area contributed by atoms with E-state index in [1.54, 1.807) is 30.6 Å². The van der Waals surface area contributed by atoms with Gasteiger partial charge < -0.3 is 0 Å². The van der Waals surface area contributed by atoms with E-state index >= 15 is 0 Å². The number of halogens is 1. The van der Waals surface area contributed by atoms with E-state index in [1.165, 1.54) is 24.3 Å². The number of carbonyl (C=O) groups excluding carboxylic acids is 1. The summed E-state index contributed by atoms with van der Waals surface area (Å²) < 4.78 is 37.8. The average molecular weight is 372 g/mol. The standard InChI is InChI=1S/C17H13FN4O3S/c18-14-7-1-2-8-15(14)26(24,25)22-21-17(23)13-6-3-5-12(11-13)16-19-9-4-10-20-16/h1-11,22H,(H,21,23). The van der Waals surface area contributed by atoms with E-state index in [1.807, 2.05) is 4.83 Å². The third-order valence-electron chi connectivity index (χ3n) is 3.37. The number of benzene rings is 2. The van der Waals surface area contributed by atoms with Crippen LogP contribution in [-0.4, -0.2) is 24.3 Å². The van der Waals surface area contributed by atoms with Crippen LogP contribution in [0.15, 0.2) is 71.9 Å². The van der Waals surface area contributed by atoms with Gasteiger partial charge in [0.05, 0.1) is 0 Å². The quantitative estimate of drug-likeness (QED) is 0.666. The molecule has 132 valence electrons. The third kappa shape index (κ3) is 3.90. The minimum Gasteiger partial charge on any atom is -0.273 e. The predicted molar refractivity (Wildman–Crippen MR) is 91.7 cm³/mol. The molecule has 2 N–H and O–H groups in total. The van der Waals surface area contributed by atoms with Crippen molar-refractivity contribution >= 4 is 15.9 Å². The molecule has 7 nitrogen and oxygen atoms in total. The molecule has 0 saturated heterocycles. The van der Waals surface area contributed by atoms with Gasteiger partial charge in [0.2, 0.25) is 0 Å². The Morgan fingerprint density at radius 1 is 0.962 bits per heavy atom. The Hall–Kier alpha value is -3.17. The van der Waals surface area contributed by atoms with Crippen molar-refractivity contribution in [3.63, 3.8) is 0 Å². The van der Waals surface area contributed by atoms with Gasteiger partial charge in [0.15, 0.2) is 5.82 Å². The summed E-state index contributed by atoms with van der Waals surface area (Å²) in [4.78, 5) is 21.7. The molecule has 9 heteroatoms. The molecule has 0 aliphatic heterocycles. The van der Waals surface area contributed by atoms with Gasteiger partial charge in [-0.15, -0.1) is 4.83 Å². The minimum atomic E-state index is -4.24. The molecule has 0 aliphatic carbocycles. The van der Waals surface area contributed by atoms with Gasteiger partial charge in [-0.1, -0.05) is 24.3 Å². The van der Waals surface area contributed by atoms with Crippen LogP contribution >= 0.6 is 0 Å². The van der Waals surface area contributed by atoms with Crippen LogP contribution in [0.25, 0.3) is 11.4 Å². The smallest absolute Gasteiger partial charge is 0.266 e. The summed E-state index contributed by atoms with van der Waals surface area (Å²) >= 11 is 0. The molecule has 2 aromatic carbocycles. The Balaban J connectivity index is 1.76. The van der Waals surface area contributed by atoms with Crippen molar-refractivity contribution in [2.45, 2.75) is 4.90 Å². The van der Waals surface area contributed by atoms with E-state index in [2.05, 4.69) is 15.4 Å². The number of hydrogen-bond donors (Lipinski definition) is 2. The summed E-state index contributed by atoms with van der Waals surface area (Å²) in [5, 5.41) is 0. The van der Waals surface area contributed by atoms with E-state index in [0.29, 0.717) is 11.4 Å². The lowest BCUT2D eigenvalue weighted by Crippen LogP contribution is -2.41. The van der Waals surface area contributed by atoms with Crippen molar-refractivity contribution in [1.29, 1.82) is 0 Å². The highest BCUT2D eigenvalue weighted by Gasteiger charge is 2.19. The zero-order valence-electron chi connectivity index (χ0n) is 13.3. The number of aromatic nitrogens is 2. The SMILES string of the molecule is O=C(NNS(=O)(=O)c1ccccc1F)c1cccc(-c2ncccn2)c1. The first kappa shape index (κ1) is 17.6. The number of hydrogen-bond acceptors (Lipinski definition) is 5. The number of rotatable bonds is 5. The van der Waals surface area contributed by atoms with Gasteiger partial charge in [0.1, 0.15) is 10.7 Å². The second kappa shape index (κ2) is 7.38. The zero-order valence-corrected chi connectivity index (χ0v) is 14.1. The van der Waals surface area contributed by atoms with Crippen molar-refractivity contribution < 1.29 is 17.6 Å². The Kier molecular flexibility index (Phi) is 5.01. The molecule has 26 heavy (non-hydrogen) atoms. The summed E-state index contributed by atoms with van der Waals surface area (Å²) in [6.07, 6.45) is 3.13. The van der Waals surface area contributed by atoms with Gasteiger partial charge in [-0.2, -0.15) is 0 Å². The maximum absolute atomic E-state index is 13.6. The van der Waals surface area contributed by atoms with E-state index in [-0.39, 0.29) is 5.56 Å². The topological polar surface area (TPSA) is 101 Å². The van der Waals surface area contributed by atoms with Gasteiger partial charge >= 0.3 is 0 Å². The molecule has 1 amide bonds. The lowest BCUT2D eigenvalue weighted by molar-refractivity contribution is 0.0945. The van der Waals surface area contributed by atoms with Gasteiger partial charge in [0, 0.05) is 23.5 Å². The van der Waals surface area contributed by atoms with Crippen LogP contribution in [0, 0.1) is 5.82 Å². The second-order valence-electron chi connectivity index (χ2n) is 5.14. The second-order valence-corrected chi connectivity index (χ2v) is 6.79. The molecule has 3 aromatic rings. The number of nitrogens with zero attached hydrogens (tertiary/aromatic N) is 2. The van der Waals surface area contributed by atoms with Crippen LogP contribution in [0.2, 0.25) is 0 Å². The maximum Gasteiger partial charge on any atom is 0.266 e. The fourth-order valence-electron chi connectivity index (χ4n) is 2.15. The molecule has 0 bridgehead atoms. The van der Waals surface area contributed by atoms with Crippen LogP contribution < -0.4 is 10.3 Å². The fourth-order valence-corrected chi connectivity index (χ4v) is 3.07. The highest BCUT2D eigenvalue weighted by molar-refractivity contribution is 7.89. The van der Waals surface area contributed by atoms with Crippen LogP contribution in [0.4, 0.5) is 4.39 Å². The number of sulfonamides is 1. The first-order valence-electron chi connectivity index (χ1n) is 7.41. The van der Waals surface area contributed by atoms with Gasteiger partial charge in [0.25, 0.3) is 15.9 Å². The minimum absolute atomic E-state index is 0.186. The predicted octanol–water partition coefficient (Wildman–Crippen LogP) is 1.91. The number of amides is 1. The first-order chi connectivity index (χ1) is 12.5. The van der Waals surface area contributed by atoms with Crippen LogP contribution in [0.5, 0.6) is 0 Å². The molecule has 0 radical (unpaired) electrons. The summed E-state index contributed by atoms with van der Waals surface area (Å²) in [6, 6.07) is 12.9.